The molecule has 1 saturated heterocycles. The molecule has 0 radical (unpaired) electrons. The largest absolute Gasteiger partial charge is 0.747 e. The molecule has 0 saturated carbocycles. The number of nitrogens with zero attached hydrogens (tertiary/aromatic N) is 4. The molecular formula is C29H33BF2N4O7S. The van der Waals surface area contributed by atoms with Crippen LogP contribution in [-0.2, 0) is 35.8 Å². The minimum atomic E-state index is -5.13. The van der Waals surface area contributed by atoms with Crippen LogP contribution >= 0.6 is 0 Å². The Balaban J connectivity index is 1.43. The van der Waals surface area contributed by atoms with Crippen molar-refractivity contribution in [3.63, 3.8) is 0 Å². The van der Waals surface area contributed by atoms with Gasteiger partial charge >= 0.3 is 12.9 Å². The molecule has 1 aromatic heterocycles. The topological polar surface area (TPSA) is 129 Å². The maximum Gasteiger partial charge on any atom is 0.737 e. The molecule has 0 bridgehead atoms. The van der Waals surface area contributed by atoms with Crippen molar-refractivity contribution < 1.29 is 49.8 Å². The van der Waals surface area contributed by atoms with Gasteiger partial charge < -0.3 is 31.5 Å². The van der Waals surface area contributed by atoms with E-state index in [0.29, 0.717) is 34.7 Å². The highest BCUT2D eigenvalue weighted by Crippen LogP contribution is 2.39. The van der Waals surface area contributed by atoms with E-state index in [4.69, 9.17) is 4.84 Å². The van der Waals surface area contributed by atoms with E-state index >= 15 is 8.63 Å². The number of halogens is 2. The molecule has 1 unspecified atom stereocenters. The Morgan fingerprint density at radius 2 is 1.82 bits per heavy atom. The zero-order valence-electron chi connectivity index (χ0n) is 24.8. The van der Waals surface area contributed by atoms with Crippen LogP contribution < -0.4 is 0 Å². The average molecular weight is 630 g/mol. The summed E-state index contributed by atoms with van der Waals surface area (Å²) in [4.78, 5) is 41.5. The van der Waals surface area contributed by atoms with Crippen LogP contribution in [0.5, 0.6) is 0 Å². The summed E-state index contributed by atoms with van der Waals surface area (Å²) in [7, 11) is 1.11. The van der Waals surface area contributed by atoms with E-state index in [2.05, 4.69) is 21.1 Å². The lowest BCUT2D eigenvalue weighted by Crippen LogP contribution is -2.51. The number of quaternary nitrogens is 1. The highest BCUT2D eigenvalue weighted by Gasteiger charge is 2.54. The number of hydrogen-bond donors (Lipinski definition) is 0. The quantitative estimate of drug-likeness (QED) is 0.171. The minimum absolute atomic E-state index is 0.0358. The summed E-state index contributed by atoms with van der Waals surface area (Å²) in [6, 6.07) is 10.5. The number of hydroxylamine groups is 2. The molecule has 234 valence electrons. The van der Waals surface area contributed by atoms with Gasteiger partial charge in [-0.05, 0) is 49.2 Å². The molecule has 4 heterocycles. The number of carbonyl (C=O) groups is 3. The monoisotopic (exact) mass is 630 g/mol. The zero-order valence-corrected chi connectivity index (χ0v) is 25.6. The highest BCUT2D eigenvalue weighted by atomic mass is 32.2. The molecule has 2 amide bonds. The Morgan fingerprint density at radius 3 is 2.43 bits per heavy atom. The number of imide groups is 1. The molecule has 1 aromatic carbocycles. The van der Waals surface area contributed by atoms with Gasteiger partial charge in [0.25, 0.3) is 11.8 Å². The summed E-state index contributed by atoms with van der Waals surface area (Å²) < 4.78 is 69.9. The number of carbonyl (C=O) groups excluding carboxylic acids is 3. The lowest BCUT2D eigenvalue weighted by atomic mass is 9.88. The standard InChI is InChI=1S/C29H33BF2N4O7S/c1-19-15-22(12-13-28(38)43-35-27(37)18-26(29(35)39)44(40,41)42)33-23(19)17-25-21(11-8-14-36(2,3)4)16-24(34(25)30(33,31)32)20-9-6-5-7-10-20/h5-7,9-10,15-17,26H,8,11-14,18H2,1-4H3. The zero-order chi connectivity index (χ0) is 32.2. The van der Waals surface area contributed by atoms with Crippen molar-refractivity contribution in [2.45, 2.75) is 44.3 Å². The number of amides is 2. The fourth-order valence-electron chi connectivity index (χ4n) is 5.87. The van der Waals surface area contributed by atoms with Crippen LogP contribution in [0.3, 0.4) is 0 Å². The molecule has 11 nitrogen and oxygen atoms in total. The molecule has 5 rings (SSSR count). The van der Waals surface area contributed by atoms with Gasteiger partial charge in [-0.2, -0.15) is 0 Å². The molecule has 44 heavy (non-hydrogen) atoms. The second-order valence-electron chi connectivity index (χ2n) is 12.3. The van der Waals surface area contributed by atoms with E-state index < -0.39 is 53.0 Å². The van der Waals surface area contributed by atoms with Crippen LogP contribution in [0, 0.1) is 6.92 Å². The number of hydrogen-bond acceptors (Lipinski definition) is 7. The normalized spacial score (nSPS) is 19.6. The Kier molecular flexibility index (Phi) is 8.01. The Labute approximate surface area is 254 Å². The Morgan fingerprint density at radius 1 is 1.14 bits per heavy atom. The Bertz CT molecular complexity index is 1760. The summed E-state index contributed by atoms with van der Waals surface area (Å²) in [6.07, 6.45) is 3.33. The molecule has 3 aliphatic heterocycles. The first kappa shape index (κ1) is 31.5. The summed E-state index contributed by atoms with van der Waals surface area (Å²) in [6.45, 7) is -1.85. The number of rotatable bonds is 10. The fourth-order valence-corrected chi connectivity index (χ4v) is 6.56. The van der Waals surface area contributed by atoms with Gasteiger partial charge in [0.15, 0.2) is 11.4 Å². The van der Waals surface area contributed by atoms with Crippen molar-refractivity contribution in [3.8, 4) is 0 Å². The molecular weight excluding hydrogens is 597 g/mol. The van der Waals surface area contributed by atoms with Gasteiger partial charge in [-0.25, -0.2) is 13.2 Å². The predicted molar refractivity (Wildman–Crippen MR) is 156 cm³/mol. The second-order valence-corrected chi connectivity index (χ2v) is 13.8. The van der Waals surface area contributed by atoms with E-state index in [0.717, 1.165) is 32.0 Å². The third-order valence-corrected chi connectivity index (χ3v) is 9.01. The number of allylic oxidation sites excluding steroid dienone is 2. The van der Waals surface area contributed by atoms with Crippen molar-refractivity contribution in [2.24, 2.45) is 0 Å². The summed E-state index contributed by atoms with van der Waals surface area (Å²) in [5, 5.41) is -2.21. The number of benzene rings is 1. The van der Waals surface area contributed by atoms with Crippen LogP contribution in [0.4, 0.5) is 8.63 Å². The summed E-state index contributed by atoms with van der Waals surface area (Å²) in [5.41, 5.74) is 3.28. The smallest absolute Gasteiger partial charge is 0.737 e. The van der Waals surface area contributed by atoms with Gasteiger partial charge in [-0.3, -0.25) is 9.59 Å². The van der Waals surface area contributed by atoms with Crippen LogP contribution in [0.2, 0.25) is 0 Å². The van der Waals surface area contributed by atoms with Crippen molar-refractivity contribution >= 4 is 46.7 Å². The van der Waals surface area contributed by atoms with E-state index in [-0.39, 0.29) is 17.2 Å². The molecule has 0 spiro atoms. The van der Waals surface area contributed by atoms with E-state index in [1.807, 2.05) is 12.1 Å². The van der Waals surface area contributed by atoms with Gasteiger partial charge in [0.2, 0.25) is 0 Å². The maximum absolute atomic E-state index is 16.7. The maximum atomic E-state index is 16.7. The lowest BCUT2D eigenvalue weighted by molar-refractivity contribution is -0.870. The van der Waals surface area contributed by atoms with Crippen LogP contribution in [0.15, 0.2) is 53.7 Å². The number of aryl methyl sites for hydroxylation is 2. The molecule has 15 heteroatoms. The molecule has 3 aliphatic rings. The van der Waals surface area contributed by atoms with Crippen LogP contribution in [-0.4, -0.2) is 94.9 Å². The van der Waals surface area contributed by atoms with Gasteiger partial charge in [0.1, 0.15) is 15.4 Å². The summed E-state index contributed by atoms with van der Waals surface area (Å²) in [5.74, 6) is -3.73. The predicted octanol–water partition coefficient (Wildman–Crippen LogP) is 2.37. The van der Waals surface area contributed by atoms with E-state index in [9.17, 15) is 27.4 Å². The Hall–Kier alpha value is -3.95. The van der Waals surface area contributed by atoms with Crippen molar-refractivity contribution in [3.05, 3.63) is 76.3 Å². The third-order valence-electron chi connectivity index (χ3n) is 7.94. The molecule has 0 aliphatic carbocycles. The lowest BCUT2D eigenvalue weighted by Gasteiger charge is -2.32. The first-order valence-electron chi connectivity index (χ1n) is 14.2. The number of fused-ring (bicyclic) bond motifs is 2. The third kappa shape index (κ3) is 5.91. The SMILES string of the molecule is Cc1cc(CCC(=O)ON2C(=O)CC(S(=O)(=O)[O-])C2=O)n2c1C=C1C(CCC[N+](C)(C)C)=CC(c3ccccc3)=[N+]1[B-]2(F)F. The van der Waals surface area contributed by atoms with Crippen molar-refractivity contribution in [1.82, 2.24) is 9.54 Å². The second kappa shape index (κ2) is 11.2. The van der Waals surface area contributed by atoms with Gasteiger partial charge in [0.05, 0.1) is 40.5 Å². The molecule has 1 atom stereocenters. The molecule has 2 aromatic rings. The van der Waals surface area contributed by atoms with Crippen molar-refractivity contribution in [1.29, 1.82) is 0 Å². The van der Waals surface area contributed by atoms with Gasteiger partial charge in [-0.1, -0.05) is 18.2 Å². The van der Waals surface area contributed by atoms with Gasteiger partial charge in [-0.15, -0.1) is 5.06 Å². The minimum Gasteiger partial charge on any atom is -0.747 e. The number of aromatic nitrogens is 1. The first-order chi connectivity index (χ1) is 20.5. The summed E-state index contributed by atoms with van der Waals surface area (Å²) >= 11 is 0. The first-order valence-corrected chi connectivity index (χ1v) is 15.7. The average Bonchev–Trinajstić information content (AvgIpc) is 3.55. The van der Waals surface area contributed by atoms with Gasteiger partial charge in [0, 0.05) is 35.4 Å². The molecule has 1 fully saturated rings. The van der Waals surface area contributed by atoms with E-state index in [1.54, 1.807) is 43.3 Å². The van der Waals surface area contributed by atoms with Crippen LogP contribution in [0.25, 0.3) is 6.08 Å². The van der Waals surface area contributed by atoms with E-state index in [1.165, 1.54) is 0 Å². The van der Waals surface area contributed by atoms with Crippen molar-refractivity contribution in [2.75, 3.05) is 27.7 Å². The highest BCUT2D eigenvalue weighted by molar-refractivity contribution is 7.87. The molecule has 0 N–H and O–H groups in total. The fraction of sp³-hybridized carbons (Fsp3) is 0.379. The van der Waals surface area contributed by atoms with Crippen LogP contribution in [0.1, 0.15) is 48.2 Å².